The van der Waals surface area contributed by atoms with Gasteiger partial charge in [0.25, 0.3) is 0 Å². The van der Waals surface area contributed by atoms with Crippen LogP contribution in [0.1, 0.15) is 24.5 Å². The first-order chi connectivity index (χ1) is 10.8. The molecule has 1 aromatic carbocycles. The Bertz CT molecular complexity index is 742. The number of benzene rings is 1. The Morgan fingerprint density at radius 1 is 1.26 bits per heavy atom. The zero-order valence-electron chi connectivity index (χ0n) is 13.2. The lowest BCUT2D eigenvalue weighted by Crippen LogP contribution is -2.21. The highest BCUT2D eigenvalue weighted by Crippen LogP contribution is 2.23. The van der Waals surface area contributed by atoms with Gasteiger partial charge < -0.3 is 15.5 Å². The maximum absolute atomic E-state index is 6.07. The van der Waals surface area contributed by atoms with E-state index in [2.05, 4.69) is 16.9 Å². The fourth-order valence-corrected chi connectivity index (χ4v) is 2.47. The third kappa shape index (κ3) is 4.24. The summed E-state index contributed by atoms with van der Waals surface area (Å²) < 4.78 is 5.80. The zero-order valence-corrected chi connectivity index (χ0v) is 14.0. The number of hydrogen-bond donors (Lipinski definition) is 2. The van der Waals surface area contributed by atoms with E-state index in [-0.39, 0.29) is 18.4 Å². The Morgan fingerprint density at radius 2 is 2.04 bits per heavy atom. The van der Waals surface area contributed by atoms with Crippen molar-refractivity contribution in [2.45, 2.75) is 32.4 Å². The molecule has 0 radical (unpaired) electrons. The fraction of sp³-hybridized carbons (Fsp3) is 0.278. The molecular weight excluding hydrogens is 310 g/mol. The van der Waals surface area contributed by atoms with E-state index < -0.39 is 0 Å². The largest absolute Gasteiger partial charge is 0.473 e. The smallest absolute Gasteiger partial charge is 0.214 e. The average Bonchev–Trinajstić information content (AvgIpc) is 2.96. The molecule has 3 N–H and O–H groups in total. The van der Waals surface area contributed by atoms with Gasteiger partial charge in [-0.25, -0.2) is 4.98 Å². The van der Waals surface area contributed by atoms with Crippen molar-refractivity contribution in [3.63, 3.8) is 0 Å². The van der Waals surface area contributed by atoms with Crippen LogP contribution in [0.2, 0.25) is 0 Å². The van der Waals surface area contributed by atoms with E-state index in [1.165, 1.54) is 5.56 Å². The minimum atomic E-state index is 0. The number of nitrogens with zero attached hydrogens (tertiary/aromatic N) is 1. The number of aromatic amines is 1. The summed E-state index contributed by atoms with van der Waals surface area (Å²) in [4.78, 5) is 7.59. The van der Waals surface area contributed by atoms with Gasteiger partial charge in [-0.05, 0) is 24.0 Å². The molecule has 1 unspecified atom stereocenters. The zero-order chi connectivity index (χ0) is 15.4. The van der Waals surface area contributed by atoms with Crippen LogP contribution in [0.15, 0.2) is 48.8 Å². The minimum Gasteiger partial charge on any atom is -0.473 e. The molecule has 2 heterocycles. The SMILES string of the molecule is CCC(N)Cc1c[nH]c2cnc(OCc3ccccc3)cc12.Cl. The highest BCUT2D eigenvalue weighted by molar-refractivity contribution is 5.85. The predicted molar refractivity (Wildman–Crippen MR) is 96.1 cm³/mol. The van der Waals surface area contributed by atoms with Gasteiger partial charge in [0.1, 0.15) is 6.61 Å². The molecule has 0 bridgehead atoms. The van der Waals surface area contributed by atoms with Crippen LogP contribution in [-0.4, -0.2) is 16.0 Å². The van der Waals surface area contributed by atoms with Crippen molar-refractivity contribution < 1.29 is 4.74 Å². The van der Waals surface area contributed by atoms with Gasteiger partial charge in [0.2, 0.25) is 5.88 Å². The summed E-state index contributed by atoms with van der Waals surface area (Å²) in [6, 6.07) is 12.3. The molecule has 5 heteroatoms. The van der Waals surface area contributed by atoms with Gasteiger partial charge in [0.15, 0.2) is 0 Å². The summed E-state index contributed by atoms with van der Waals surface area (Å²) in [6.07, 6.45) is 5.66. The third-order valence-corrected chi connectivity index (χ3v) is 3.86. The quantitative estimate of drug-likeness (QED) is 0.721. The van der Waals surface area contributed by atoms with Crippen LogP contribution in [0.25, 0.3) is 10.9 Å². The Morgan fingerprint density at radius 3 is 2.78 bits per heavy atom. The Labute approximate surface area is 142 Å². The Hall–Kier alpha value is -2.04. The Balaban J connectivity index is 0.00000192. The van der Waals surface area contributed by atoms with Crippen LogP contribution in [0.4, 0.5) is 0 Å². The van der Waals surface area contributed by atoms with Gasteiger partial charge in [0, 0.05) is 23.7 Å². The van der Waals surface area contributed by atoms with Crippen LogP contribution in [0, 0.1) is 0 Å². The van der Waals surface area contributed by atoms with Crippen molar-refractivity contribution in [1.29, 1.82) is 0 Å². The van der Waals surface area contributed by atoms with E-state index >= 15 is 0 Å². The molecule has 4 nitrogen and oxygen atoms in total. The lowest BCUT2D eigenvalue weighted by molar-refractivity contribution is 0.294. The molecule has 0 spiro atoms. The molecule has 0 amide bonds. The van der Waals surface area contributed by atoms with Gasteiger partial charge in [-0.1, -0.05) is 37.3 Å². The molecular formula is C18H22ClN3O. The summed E-state index contributed by atoms with van der Waals surface area (Å²) in [5.41, 5.74) is 9.44. The number of nitrogens with two attached hydrogens (primary N) is 1. The molecule has 0 fully saturated rings. The van der Waals surface area contributed by atoms with Crippen LogP contribution in [0.3, 0.4) is 0 Å². The van der Waals surface area contributed by atoms with E-state index in [9.17, 15) is 0 Å². The first-order valence-electron chi connectivity index (χ1n) is 7.64. The van der Waals surface area contributed by atoms with Gasteiger partial charge in [0.05, 0.1) is 11.7 Å². The molecule has 1 atom stereocenters. The molecule has 0 saturated carbocycles. The van der Waals surface area contributed by atoms with Gasteiger partial charge in [-0.3, -0.25) is 0 Å². The lowest BCUT2D eigenvalue weighted by Gasteiger charge is -2.08. The summed E-state index contributed by atoms with van der Waals surface area (Å²) in [7, 11) is 0. The maximum Gasteiger partial charge on any atom is 0.214 e. The minimum absolute atomic E-state index is 0. The summed E-state index contributed by atoms with van der Waals surface area (Å²) >= 11 is 0. The number of nitrogens with one attached hydrogen (secondary N) is 1. The first-order valence-corrected chi connectivity index (χ1v) is 7.64. The highest BCUT2D eigenvalue weighted by atomic mass is 35.5. The molecule has 2 aromatic heterocycles. The van der Waals surface area contributed by atoms with Crippen molar-refractivity contribution in [3.05, 3.63) is 59.9 Å². The topological polar surface area (TPSA) is 63.9 Å². The number of hydrogen-bond acceptors (Lipinski definition) is 3. The second-order valence-electron chi connectivity index (χ2n) is 5.53. The number of rotatable bonds is 6. The molecule has 0 saturated heterocycles. The molecule has 0 aliphatic heterocycles. The average molecular weight is 332 g/mol. The van der Waals surface area contributed by atoms with Crippen LogP contribution < -0.4 is 10.5 Å². The fourth-order valence-electron chi connectivity index (χ4n) is 2.47. The number of fused-ring (bicyclic) bond motifs is 1. The van der Waals surface area contributed by atoms with Crippen molar-refractivity contribution >= 4 is 23.3 Å². The summed E-state index contributed by atoms with van der Waals surface area (Å²) in [5.74, 6) is 0.641. The van der Waals surface area contributed by atoms with Crippen LogP contribution >= 0.6 is 12.4 Å². The maximum atomic E-state index is 6.07. The van der Waals surface area contributed by atoms with E-state index in [4.69, 9.17) is 10.5 Å². The van der Waals surface area contributed by atoms with Gasteiger partial charge in [-0.2, -0.15) is 0 Å². The van der Waals surface area contributed by atoms with Crippen molar-refractivity contribution in [2.75, 3.05) is 0 Å². The number of pyridine rings is 1. The summed E-state index contributed by atoms with van der Waals surface area (Å²) in [5, 5.41) is 1.14. The Kier molecular flexibility index (Phi) is 6.02. The van der Waals surface area contributed by atoms with Gasteiger partial charge >= 0.3 is 0 Å². The van der Waals surface area contributed by atoms with E-state index in [1.807, 2.05) is 48.8 Å². The second kappa shape index (κ2) is 7.99. The van der Waals surface area contributed by atoms with Crippen molar-refractivity contribution in [2.24, 2.45) is 5.73 Å². The molecule has 0 aliphatic carbocycles. The number of halogens is 1. The van der Waals surface area contributed by atoms with Crippen LogP contribution in [-0.2, 0) is 13.0 Å². The monoisotopic (exact) mass is 331 g/mol. The van der Waals surface area contributed by atoms with E-state index in [0.29, 0.717) is 12.5 Å². The van der Waals surface area contributed by atoms with E-state index in [0.717, 1.165) is 29.3 Å². The molecule has 122 valence electrons. The molecule has 3 aromatic rings. The standard InChI is InChI=1S/C18H21N3O.ClH/c1-2-15(19)8-14-10-20-17-11-21-18(9-16(14)17)22-12-13-6-4-3-5-7-13;/h3-7,9-11,15,20H,2,8,12,19H2,1H3;1H. The van der Waals surface area contributed by atoms with E-state index in [1.54, 1.807) is 0 Å². The lowest BCUT2D eigenvalue weighted by atomic mass is 10.0. The summed E-state index contributed by atoms with van der Waals surface area (Å²) in [6.45, 7) is 2.63. The number of ether oxygens (including phenoxy) is 1. The van der Waals surface area contributed by atoms with Crippen molar-refractivity contribution in [1.82, 2.24) is 9.97 Å². The highest BCUT2D eigenvalue weighted by Gasteiger charge is 2.09. The number of aromatic nitrogens is 2. The van der Waals surface area contributed by atoms with Crippen molar-refractivity contribution in [3.8, 4) is 5.88 Å². The number of H-pyrrole nitrogens is 1. The normalized spacial score (nSPS) is 11.9. The third-order valence-electron chi connectivity index (χ3n) is 3.86. The molecule has 23 heavy (non-hydrogen) atoms. The molecule has 0 aliphatic rings. The van der Waals surface area contributed by atoms with Crippen LogP contribution in [0.5, 0.6) is 5.88 Å². The van der Waals surface area contributed by atoms with Gasteiger partial charge in [-0.15, -0.1) is 12.4 Å². The second-order valence-corrected chi connectivity index (χ2v) is 5.53. The first kappa shape index (κ1) is 17.3. The molecule has 3 rings (SSSR count). The predicted octanol–water partition coefficient (Wildman–Crippen LogP) is 3.84.